The van der Waals surface area contributed by atoms with Crippen LogP contribution in [0, 0.1) is 0 Å². The maximum Gasteiger partial charge on any atom is 1.00 e. The minimum Gasteiger partial charge on any atom is -0.543 e. The molecule has 4 rings (SSSR count). The number of nitrogens with one attached hydrogen (secondary N) is 1. The number of tetrazole rings is 1. The summed E-state index contributed by atoms with van der Waals surface area (Å²) in [6, 6.07) is -1.09. The number of carbonyl (C=O) groups excluding carboxylic acids is 4. The molecule has 2 aromatic heterocycles. The molecule has 1 saturated heterocycles. The molecule has 0 spiro atoms. The number of hydrogen-bond donors (Lipinski definition) is 4. The number of fused-ring (bicyclic) bond motifs is 1. The Labute approximate surface area is 254 Å². The van der Waals surface area contributed by atoms with E-state index in [1.54, 1.807) is 0 Å². The summed E-state index contributed by atoms with van der Waals surface area (Å²) in [5, 5.41) is 30.0. The number of nitrogen functional groups attached to an aromatic ring is 2. The number of nitrogens with zero attached hydrogens (tertiary/aromatic N) is 7. The third-order valence-corrected chi connectivity index (χ3v) is 8.34. The first-order valence-corrected chi connectivity index (χ1v) is 13.4. The van der Waals surface area contributed by atoms with Crippen LogP contribution in [0.15, 0.2) is 27.0 Å². The second-order valence-corrected chi connectivity index (χ2v) is 11.2. The summed E-state index contributed by atoms with van der Waals surface area (Å²) >= 11 is 3.36. The van der Waals surface area contributed by atoms with E-state index in [0.717, 1.165) is 32.8 Å². The normalized spacial score (nSPS) is 19.1. The van der Waals surface area contributed by atoms with Crippen molar-refractivity contribution in [2.24, 2.45) is 10.9 Å². The Balaban J connectivity index is 0.00000420. The fraction of sp³-hybridized carbons (Fsp3) is 0.389. The van der Waals surface area contributed by atoms with Crippen LogP contribution < -0.4 is 57.3 Å². The Morgan fingerprint density at radius 3 is 2.67 bits per heavy atom. The summed E-state index contributed by atoms with van der Waals surface area (Å²) in [7, 11) is 0. The molecule has 21 heteroatoms. The van der Waals surface area contributed by atoms with Gasteiger partial charge in [0.1, 0.15) is 17.1 Å². The van der Waals surface area contributed by atoms with Gasteiger partial charge < -0.3 is 37.4 Å². The van der Waals surface area contributed by atoms with Crippen molar-refractivity contribution in [3.63, 3.8) is 0 Å². The van der Waals surface area contributed by atoms with E-state index in [4.69, 9.17) is 22.1 Å². The number of carboxylic acid groups (broad SMARTS) is 1. The summed E-state index contributed by atoms with van der Waals surface area (Å²) < 4.78 is 0. The average molecular weight is 606 g/mol. The van der Waals surface area contributed by atoms with Crippen LogP contribution in [-0.2, 0) is 24.0 Å². The smallest absolute Gasteiger partial charge is 0.543 e. The van der Waals surface area contributed by atoms with Crippen LogP contribution in [0.5, 0.6) is 0 Å². The number of anilines is 1. The van der Waals surface area contributed by atoms with Gasteiger partial charge in [0.05, 0.1) is 11.7 Å². The van der Waals surface area contributed by atoms with Gasteiger partial charge in [0.25, 0.3) is 17.7 Å². The van der Waals surface area contributed by atoms with Gasteiger partial charge in [-0.1, -0.05) is 22.0 Å². The predicted octanol–water partition coefficient (Wildman–Crippen LogP) is -6.39. The third-order valence-electron chi connectivity index (χ3n) is 5.30. The molecule has 202 valence electrons. The molecule has 2 aliphatic heterocycles. The van der Waals surface area contributed by atoms with Crippen LogP contribution in [0.4, 0.5) is 5.13 Å². The third kappa shape index (κ3) is 6.30. The zero-order chi connectivity index (χ0) is 27.8. The number of primary amides is 1. The van der Waals surface area contributed by atoms with E-state index in [1.165, 1.54) is 31.0 Å². The van der Waals surface area contributed by atoms with E-state index < -0.39 is 40.7 Å². The molecule has 0 radical (unpaired) electrons. The number of hydrogen-bond acceptors (Lipinski definition) is 16. The number of nitrogens with two attached hydrogens (primary N) is 3. The average Bonchev–Trinajstić information content (AvgIpc) is 3.47. The second-order valence-electron chi connectivity index (χ2n) is 8.27. The summed E-state index contributed by atoms with van der Waals surface area (Å²) in [5.74, 6) is 2.04. The Morgan fingerprint density at radius 2 is 2.10 bits per heavy atom. The van der Waals surface area contributed by atoms with E-state index in [0.29, 0.717) is 5.57 Å². The van der Waals surface area contributed by atoms with Crippen LogP contribution >= 0.6 is 34.9 Å². The fourth-order valence-corrected chi connectivity index (χ4v) is 6.06. The van der Waals surface area contributed by atoms with Crippen LogP contribution in [0.3, 0.4) is 0 Å². The first-order chi connectivity index (χ1) is 17.9. The number of β-lactam (4-membered cyclic amide) rings is 1. The molecule has 4 heterocycles. The van der Waals surface area contributed by atoms with E-state index in [1.807, 2.05) is 0 Å². The number of aromatic nitrogens is 5. The maximum atomic E-state index is 13.1. The first kappa shape index (κ1) is 30.6. The minimum atomic E-state index is -1.55. The van der Waals surface area contributed by atoms with Crippen LogP contribution in [0.2, 0.25) is 0 Å². The summed E-state index contributed by atoms with van der Waals surface area (Å²) in [5.41, 5.74) is 9.21. The van der Waals surface area contributed by atoms with Gasteiger partial charge in [-0.05, 0) is 29.8 Å². The molecule has 2 aromatic rings. The van der Waals surface area contributed by atoms with Crippen molar-refractivity contribution in [2.75, 3.05) is 23.1 Å². The van der Waals surface area contributed by atoms with Gasteiger partial charge in [-0.15, -0.1) is 27.9 Å². The summed E-state index contributed by atoms with van der Waals surface area (Å²) in [6.45, 7) is 2.71. The molecule has 0 bridgehead atoms. The zero-order valence-electron chi connectivity index (χ0n) is 20.7. The number of thioether (sulfide) groups is 2. The number of oxime groups is 1. The molecule has 39 heavy (non-hydrogen) atoms. The molecule has 7 N–H and O–H groups in total. The number of aliphatic carboxylic acids is 1. The van der Waals surface area contributed by atoms with Crippen molar-refractivity contribution in [1.82, 2.24) is 35.5 Å². The van der Waals surface area contributed by atoms with E-state index >= 15 is 0 Å². The Kier molecular flexibility index (Phi) is 9.49. The molecule has 2 atom stereocenters. The van der Waals surface area contributed by atoms with Crippen LogP contribution in [0.1, 0.15) is 19.5 Å². The Bertz CT molecular complexity index is 1380. The first-order valence-electron chi connectivity index (χ1n) is 10.5. The molecule has 17 nitrogen and oxygen atoms in total. The van der Waals surface area contributed by atoms with Gasteiger partial charge in [-0.25, -0.2) is 4.98 Å². The Hall–Kier alpha value is -2.91. The van der Waals surface area contributed by atoms with Gasteiger partial charge in [0.15, 0.2) is 10.8 Å². The number of amides is 3. The SMILES string of the molecule is CC(C)(O/N=C(\C(=O)N[C@@H]1C(=O)N2C(C(=O)[O-])=C(CSc3nnnn3N)CS[C@@H]12)c1csc(N)n1)C(N)=O.[Na+]. The predicted molar refractivity (Wildman–Crippen MR) is 133 cm³/mol. The second kappa shape index (κ2) is 12.1. The molecule has 1 fully saturated rings. The minimum absolute atomic E-state index is 0. The molecular formula is C18H20N11NaO6S3. The zero-order valence-corrected chi connectivity index (χ0v) is 25.1. The molecule has 0 aliphatic carbocycles. The molecule has 0 saturated carbocycles. The van der Waals surface area contributed by atoms with Crippen molar-refractivity contribution in [3.05, 3.63) is 22.3 Å². The number of carboxylic acids is 1. The van der Waals surface area contributed by atoms with Gasteiger partial charge in [0.2, 0.25) is 10.8 Å². The van der Waals surface area contributed by atoms with Gasteiger partial charge in [-0.2, -0.15) is 0 Å². The fourth-order valence-electron chi connectivity index (χ4n) is 3.23. The standard InChI is InChI=1S/C18H21N11O6S3.Na/c1-18(2,15(19)34)35-25-8(7-5-37-16(20)22-7)11(30)23-9-12(31)28-10(14(32)33)6(3-36-13(9)28)4-38-17-24-26-27-29(17)21;/h5,9,13H,3-4,21H2,1-2H3,(H2,19,34)(H2,20,22)(H,23,30)(H,32,33);/q;+1/p-1/b25-8-;/t9-,13+;/m1./s1. The van der Waals surface area contributed by atoms with Gasteiger partial charge in [0, 0.05) is 16.9 Å². The van der Waals surface area contributed by atoms with Crippen molar-refractivity contribution in [1.29, 1.82) is 0 Å². The van der Waals surface area contributed by atoms with Gasteiger partial charge in [-0.3, -0.25) is 19.3 Å². The molecule has 0 aromatic carbocycles. The topological polar surface area (TPSA) is 263 Å². The van der Waals surface area contributed by atoms with Crippen molar-refractivity contribution in [2.45, 2.75) is 36.0 Å². The largest absolute Gasteiger partial charge is 1.00 e. The van der Waals surface area contributed by atoms with Crippen molar-refractivity contribution < 1.29 is 58.7 Å². The number of rotatable bonds is 10. The summed E-state index contributed by atoms with van der Waals surface area (Å²) in [4.78, 5) is 60.9. The molecular weight excluding hydrogens is 585 g/mol. The molecule has 2 aliphatic rings. The summed E-state index contributed by atoms with van der Waals surface area (Å²) in [6.07, 6.45) is 0. The quantitative estimate of drug-likeness (QED) is 0.0490. The van der Waals surface area contributed by atoms with Crippen LogP contribution in [0.25, 0.3) is 0 Å². The van der Waals surface area contributed by atoms with Crippen molar-refractivity contribution >= 4 is 69.4 Å². The maximum absolute atomic E-state index is 13.1. The molecule has 0 unspecified atom stereocenters. The van der Waals surface area contributed by atoms with Crippen LogP contribution in [-0.4, -0.2) is 88.1 Å². The van der Waals surface area contributed by atoms with Gasteiger partial charge >= 0.3 is 29.6 Å². The molecule has 3 amide bonds. The van der Waals surface area contributed by atoms with E-state index in [-0.39, 0.29) is 68.5 Å². The monoisotopic (exact) mass is 605 g/mol. The number of thiazole rings is 1. The Morgan fingerprint density at radius 1 is 1.38 bits per heavy atom. The van der Waals surface area contributed by atoms with E-state index in [2.05, 4.69) is 31.0 Å². The number of carbonyl (C=O) groups is 4. The van der Waals surface area contributed by atoms with Crippen molar-refractivity contribution in [3.8, 4) is 0 Å². The van der Waals surface area contributed by atoms with E-state index in [9.17, 15) is 24.3 Å².